The van der Waals surface area contributed by atoms with E-state index in [2.05, 4.69) is 50.8 Å². The van der Waals surface area contributed by atoms with E-state index in [1.807, 2.05) is 13.1 Å². The van der Waals surface area contributed by atoms with Gasteiger partial charge in [-0.15, -0.1) is 0 Å². The van der Waals surface area contributed by atoms with Gasteiger partial charge in [-0.05, 0) is 61.3 Å². The maximum Gasteiger partial charge on any atom is 0.227 e. The van der Waals surface area contributed by atoms with Crippen molar-refractivity contribution in [2.75, 3.05) is 43.1 Å². The highest BCUT2D eigenvalue weighted by Crippen LogP contribution is 2.29. The number of furan rings is 1. The fourth-order valence-corrected chi connectivity index (χ4v) is 3.83. The molecule has 1 aromatic carbocycles. The molecule has 2 N–H and O–H groups in total. The fourth-order valence-electron chi connectivity index (χ4n) is 3.83. The van der Waals surface area contributed by atoms with Crippen LogP contribution in [0.5, 0.6) is 0 Å². The van der Waals surface area contributed by atoms with Gasteiger partial charge in [0.05, 0.1) is 19.8 Å². The molecule has 0 amide bonds. The second kappa shape index (κ2) is 7.85. The predicted molar refractivity (Wildman–Crippen MR) is 113 cm³/mol. The van der Waals surface area contributed by atoms with Crippen molar-refractivity contribution in [3.63, 3.8) is 0 Å². The maximum atomic E-state index is 6.06. The lowest BCUT2D eigenvalue weighted by Crippen LogP contribution is -2.36. The summed E-state index contributed by atoms with van der Waals surface area (Å²) >= 11 is 0. The van der Waals surface area contributed by atoms with Gasteiger partial charge in [-0.2, -0.15) is 0 Å². The molecule has 0 unspecified atom stereocenters. The van der Waals surface area contributed by atoms with E-state index in [0.29, 0.717) is 5.95 Å². The summed E-state index contributed by atoms with van der Waals surface area (Å²) in [6.45, 7) is 7.20. The topological polar surface area (TPSA) is 75.5 Å². The summed E-state index contributed by atoms with van der Waals surface area (Å²) in [5.74, 6) is 2.39. The van der Waals surface area contributed by atoms with Crippen LogP contribution in [-0.4, -0.2) is 42.8 Å². The van der Waals surface area contributed by atoms with Crippen molar-refractivity contribution in [2.24, 2.45) is 0 Å². The van der Waals surface area contributed by atoms with E-state index >= 15 is 0 Å². The van der Waals surface area contributed by atoms with Crippen LogP contribution in [0.2, 0.25) is 0 Å². The molecule has 0 aliphatic carbocycles. The van der Waals surface area contributed by atoms with E-state index in [1.165, 1.54) is 11.3 Å². The fraction of sp³-hybridized carbons (Fsp3) is 0.364. The van der Waals surface area contributed by atoms with Crippen molar-refractivity contribution in [1.29, 1.82) is 0 Å². The first kappa shape index (κ1) is 18.1. The molecular formula is C22H25N5O2. The summed E-state index contributed by atoms with van der Waals surface area (Å²) < 4.78 is 11.5. The highest BCUT2D eigenvalue weighted by molar-refractivity contribution is 5.63. The first-order chi connectivity index (χ1) is 14.3. The molecule has 0 bridgehead atoms. The summed E-state index contributed by atoms with van der Waals surface area (Å²) in [6, 6.07) is 10.5. The number of fused-ring (bicyclic) bond motifs is 1. The minimum Gasteiger partial charge on any atom is -0.458 e. The summed E-state index contributed by atoms with van der Waals surface area (Å²) in [6.07, 6.45) is 2.83. The Kier molecular flexibility index (Phi) is 4.91. The second-order valence-electron chi connectivity index (χ2n) is 7.48. The van der Waals surface area contributed by atoms with Gasteiger partial charge in [0.1, 0.15) is 11.5 Å². The van der Waals surface area contributed by atoms with Gasteiger partial charge in [0, 0.05) is 30.7 Å². The molecule has 7 heteroatoms. The number of benzene rings is 1. The Morgan fingerprint density at radius 3 is 2.76 bits per heavy atom. The number of hydrogen-bond donors (Lipinski definition) is 2. The van der Waals surface area contributed by atoms with Crippen LogP contribution < -0.4 is 15.5 Å². The summed E-state index contributed by atoms with van der Waals surface area (Å²) in [4.78, 5) is 11.5. The highest BCUT2D eigenvalue weighted by atomic mass is 16.5. The number of aromatic nitrogens is 2. The van der Waals surface area contributed by atoms with Crippen LogP contribution >= 0.6 is 0 Å². The van der Waals surface area contributed by atoms with Crippen molar-refractivity contribution in [3.05, 3.63) is 53.4 Å². The summed E-state index contributed by atoms with van der Waals surface area (Å²) in [5.41, 5.74) is 5.27. The van der Waals surface area contributed by atoms with Crippen LogP contribution in [0.3, 0.4) is 0 Å². The Hall–Kier alpha value is -2.90. The summed E-state index contributed by atoms with van der Waals surface area (Å²) in [7, 11) is 0. The van der Waals surface area contributed by atoms with Gasteiger partial charge >= 0.3 is 0 Å². The maximum absolute atomic E-state index is 6.06. The van der Waals surface area contributed by atoms with Gasteiger partial charge in [0.2, 0.25) is 5.95 Å². The lowest BCUT2D eigenvalue weighted by molar-refractivity contribution is 0.122. The van der Waals surface area contributed by atoms with Gasteiger partial charge in [-0.25, -0.2) is 9.97 Å². The lowest BCUT2D eigenvalue weighted by Gasteiger charge is -2.28. The van der Waals surface area contributed by atoms with Gasteiger partial charge in [-0.1, -0.05) is 0 Å². The Morgan fingerprint density at radius 2 is 1.97 bits per heavy atom. The van der Waals surface area contributed by atoms with Gasteiger partial charge in [0.15, 0.2) is 5.76 Å². The van der Waals surface area contributed by atoms with Gasteiger partial charge in [0.25, 0.3) is 0 Å². The van der Waals surface area contributed by atoms with Crippen LogP contribution in [0.15, 0.2) is 40.9 Å². The molecule has 1 saturated heterocycles. The Balaban J connectivity index is 1.35. The van der Waals surface area contributed by atoms with E-state index in [4.69, 9.17) is 14.1 Å². The largest absolute Gasteiger partial charge is 0.458 e. The quantitative estimate of drug-likeness (QED) is 0.707. The predicted octanol–water partition coefficient (Wildman–Crippen LogP) is 3.27. The number of morpholine rings is 1. The molecule has 4 heterocycles. The Morgan fingerprint density at radius 1 is 1.14 bits per heavy atom. The smallest absolute Gasteiger partial charge is 0.227 e. The van der Waals surface area contributed by atoms with E-state index in [1.54, 1.807) is 0 Å². The van der Waals surface area contributed by atoms with E-state index in [-0.39, 0.29) is 0 Å². The van der Waals surface area contributed by atoms with Crippen LogP contribution in [0.1, 0.15) is 16.9 Å². The first-order valence-corrected chi connectivity index (χ1v) is 10.1. The standard InChI is InChI=1S/C22H25N5O2/c1-15-13-24-22(26-21(15)19-12-16-6-7-23-14-20(16)29-19)25-17-2-4-18(5-3-17)27-8-10-28-11-9-27/h2-5,12-13,23H,6-11,14H2,1H3,(H,24,25,26). The van der Waals surface area contributed by atoms with E-state index < -0.39 is 0 Å². The molecule has 2 aromatic heterocycles. The number of nitrogens with zero attached hydrogens (tertiary/aromatic N) is 3. The molecule has 150 valence electrons. The number of anilines is 3. The third-order valence-electron chi connectivity index (χ3n) is 5.46. The third-order valence-corrected chi connectivity index (χ3v) is 5.46. The second-order valence-corrected chi connectivity index (χ2v) is 7.48. The lowest BCUT2D eigenvalue weighted by atomic mass is 10.1. The zero-order valence-electron chi connectivity index (χ0n) is 16.6. The first-order valence-electron chi connectivity index (χ1n) is 10.1. The van der Waals surface area contributed by atoms with Crippen molar-refractivity contribution in [1.82, 2.24) is 15.3 Å². The average Bonchev–Trinajstić information content (AvgIpc) is 3.20. The normalized spacial score (nSPS) is 16.5. The zero-order valence-corrected chi connectivity index (χ0v) is 16.6. The van der Waals surface area contributed by atoms with E-state index in [0.717, 1.165) is 74.3 Å². The van der Waals surface area contributed by atoms with Crippen molar-refractivity contribution in [2.45, 2.75) is 19.9 Å². The molecule has 1 fully saturated rings. The number of hydrogen-bond acceptors (Lipinski definition) is 7. The minimum atomic E-state index is 0.567. The van der Waals surface area contributed by atoms with Crippen LogP contribution in [0.25, 0.3) is 11.5 Å². The number of rotatable bonds is 4. The summed E-state index contributed by atoms with van der Waals surface area (Å²) in [5, 5.41) is 6.66. The molecular weight excluding hydrogens is 366 g/mol. The molecule has 5 rings (SSSR count). The Bertz CT molecular complexity index is 969. The molecule has 2 aliphatic heterocycles. The Labute approximate surface area is 170 Å². The molecule has 2 aliphatic rings. The molecule has 7 nitrogen and oxygen atoms in total. The molecule has 0 atom stereocenters. The van der Waals surface area contributed by atoms with Gasteiger partial charge < -0.3 is 24.7 Å². The van der Waals surface area contributed by atoms with Crippen molar-refractivity contribution >= 4 is 17.3 Å². The van der Waals surface area contributed by atoms with Crippen molar-refractivity contribution in [3.8, 4) is 11.5 Å². The molecule has 0 spiro atoms. The molecule has 3 aromatic rings. The SMILES string of the molecule is Cc1cnc(Nc2ccc(N3CCOCC3)cc2)nc1-c1cc2c(o1)CNCC2. The number of ether oxygens (including phenoxy) is 1. The van der Waals surface area contributed by atoms with Crippen molar-refractivity contribution < 1.29 is 9.15 Å². The third kappa shape index (κ3) is 3.83. The molecule has 29 heavy (non-hydrogen) atoms. The highest BCUT2D eigenvalue weighted by Gasteiger charge is 2.18. The molecule has 0 saturated carbocycles. The van der Waals surface area contributed by atoms with Crippen LogP contribution in [0.4, 0.5) is 17.3 Å². The number of nitrogens with one attached hydrogen (secondary N) is 2. The average molecular weight is 391 g/mol. The molecule has 0 radical (unpaired) electrons. The number of aryl methyl sites for hydroxylation is 1. The zero-order chi connectivity index (χ0) is 19.6. The van der Waals surface area contributed by atoms with Crippen LogP contribution in [0, 0.1) is 6.92 Å². The van der Waals surface area contributed by atoms with Gasteiger partial charge in [-0.3, -0.25) is 0 Å². The monoisotopic (exact) mass is 391 g/mol. The van der Waals surface area contributed by atoms with Crippen LogP contribution in [-0.2, 0) is 17.7 Å². The van der Waals surface area contributed by atoms with E-state index in [9.17, 15) is 0 Å². The minimum absolute atomic E-state index is 0.567.